The number of unbranched alkanes of at least 4 members (excludes halogenated alkanes) is 4. The molecule has 0 atom stereocenters. The molecule has 1 fully saturated rings. The highest BCUT2D eigenvalue weighted by Crippen LogP contribution is 2.39. The van der Waals surface area contributed by atoms with E-state index in [4.69, 9.17) is 0 Å². The van der Waals surface area contributed by atoms with Crippen molar-refractivity contribution < 1.29 is 31.1 Å². The summed E-state index contributed by atoms with van der Waals surface area (Å²) >= 11 is 0. The van der Waals surface area contributed by atoms with Crippen LogP contribution in [0.15, 0.2) is 30.3 Å². The molecule has 1 nitrogen and oxygen atoms in total. The molecule has 1 aliphatic rings. The van der Waals surface area contributed by atoms with Crippen molar-refractivity contribution >= 4 is 0 Å². The summed E-state index contributed by atoms with van der Waals surface area (Å²) in [4.78, 5) is 0. The van der Waals surface area contributed by atoms with Crippen LogP contribution in [0.2, 0.25) is 0 Å². The van der Waals surface area contributed by atoms with Gasteiger partial charge in [0.15, 0.2) is 11.6 Å². The molecule has 0 saturated heterocycles. The smallest absolute Gasteiger partial charge is 0.403 e. The van der Waals surface area contributed by atoms with Gasteiger partial charge in [0.1, 0.15) is 11.6 Å². The lowest BCUT2D eigenvalue weighted by Crippen LogP contribution is -2.18. The van der Waals surface area contributed by atoms with E-state index in [-0.39, 0.29) is 23.5 Å². The Balaban J connectivity index is 1.59. The van der Waals surface area contributed by atoms with Crippen LogP contribution in [0.25, 0.3) is 0 Å². The zero-order chi connectivity index (χ0) is 24.7. The van der Waals surface area contributed by atoms with Gasteiger partial charge in [-0.2, -0.15) is 0 Å². The molecular formula is C27H32F6O. The molecule has 2 aromatic carbocycles. The van der Waals surface area contributed by atoms with Crippen LogP contribution in [0.5, 0.6) is 5.75 Å². The second kappa shape index (κ2) is 12.0. The zero-order valence-electron chi connectivity index (χ0n) is 19.5. The highest BCUT2D eigenvalue weighted by atomic mass is 19.4. The van der Waals surface area contributed by atoms with Crippen molar-refractivity contribution in [1.29, 1.82) is 0 Å². The Kier molecular flexibility index (Phi) is 9.31. The van der Waals surface area contributed by atoms with Crippen molar-refractivity contribution in [1.82, 2.24) is 0 Å². The molecule has 0 radical (unpaired) electrons. The maximum atomic E-state index is 14.8. The Morgan fingerprint density at radius 1 is 0.824 bits per heavy atom. The summed E-state index contributed by atoms with van der Waals surface area (Å²) in [7, 11) is 0. The summed E-state index contributed by atoms with van der Waals surface area (Å²) in [5.41, 5.74) is 0.561. The maximum Gasteiger partial charge on any atom is 0.573 e. The zero-order valence-corrected chi connectivity index (χ0v) is 19.5. The first kappa shape index (κ1) is 26.4. The standard InChI is InChI=1S/C27H32F6O/c1-2-3-4-5-6-7-18-8-11-20(12-9-18)21-16-23(28)22(24(29)17-21)14-19-10-13-26(25(30)15-19)34-27(31,32)33/h10,13,15-18,20H,2-9,11-12,14H2,1H3. The molecule has 34 heavy (non-hydrogen) atoms. The van der Waals surface area contributed by atoms with Gasteiger partial charge in [0, 0.05) is 12.0 Å². The summed E-state index contributed by atoms with van der Waals surface area (Å²) in [6.45, 7) is 2.20. The third-order valence-electron chi connectivity index (χ3n) is 6.80. The number of ether oxygens (including phenoxy) is 1. The van der Waals surface area contributed by atoms with E-state index in [0.717, 1.165) is 37.8 Å². The van der Waals surface area contributed by atoms with E-state index in [2.05, 4.69) is 11.7 Å². The molecule has 0 bridgehead atoms. The first-order valence-electron chi connectivity index (χ1n) is 12.2. The monoisotopic (exact) mass is 486 g/mol. The molecule has 2 aromatic rings. The van der Waals surface area contributed by atoms with Crippen LogP contribution >= 0.6 is 0 Å². The van der Waals surface area contributed by atoms with Gasteiger partial charge < -0.3 is 4.74 Å². The largest absolute Gasteiger partial charge is 0.573 e. The van der Waals surface area contributed by atoms with E-state index in [1.165, 1.54) is 56.7 Å². The fourth-order valence-electron chi connectivity index (χ4n) is 4.91. The molecule has 0 N–H and O–H groups in total. The number of alkyl halides is 3. The minimum atomic E-state index is -5.02. The Morgan fingerprint density at radius 2 is 1.47 bits per heavy atom. The van der Waals surface area contributed by atoms with Crippen molar-refractivity contribution in [3.63, 3.8) is 0 Å². The predicted octanol–water partition coefficient (Wildman–Crippen LogP) is 9.23. The number of halogens is 6. The molecule has 3 rings (SSSR count). The van der Waals surface area contributed by atoms with Gasteiger partial charge in [-0.05, 0) is 72.9 Å². The lowest BCUT2D eigenvalue weighted by atomic mass is 9.76. The Labute approximate surface area is 197 Å². The number of rotatable bonds is 10. The predicted molar refractivity (Wildman–Crippen MR) is 120 cm³/mol. The van der Waals surface area contributed by atoms with E-state index in [1.807, 2.05) is 0 Å². The molecule has 0 unspecified atom stereocenters. The summed E-state index contributed by atoms with van der Waals surface area (Å²) in [6, 6.07) is 5.49. The fourth-order valence-corrected chi connectivity index (χ4v) is 4.91. The number of benzene rings is 2. The second-order valence-corrected chi connectivity index (χ2v) is 9.37. The van der Waals surface area contributed by atoms with Gasteiger partial charge in [-0.3, -0.25) is 0 Å². The Bertz CT molecular complexity index is 908. The van der Waals surface area contributed by atoms with E-state index >= 15 is 0 Å². The molecule has 0 aliphatic heterocycles. The van der Waals surface area contributed by atoms with Crippen molar-refractivity contribution in [2.24, 2.45) is 5.92 Å². The van der Waals surface area contributed by atoms with Gasteiger partial charge in [-0.15, -0.1) is 13.2 Å². The molecule has 0 aromatic heterocycles. The van der Waals surface area contributed by atoms with Crippen LogP contribution in [0.4, 0.5) is 26.3 Å². The molecule has 1 saturated carbocycles. The Hall–Kier alpha value is -2.18. The highest BCUT2D eigenvalue weighted by molar-refractivity contribution is 5.36. The quantitative estimate of drug-likeness (QED) is 0.240. The van der Waals surface area contributed by atoms with Crippen molar-refractivity contribution in [3.05, 3.63) is 64.5 Å². The van der Waals surface area contributed by atoms with Crippen LogP contribution < -0.4 is 4.74 Å². The molecular weight excluding hydrogens is 454 g/mol. The van der Waals surface area contributed by atoms with Crippen molar-refractivity contribution in [3.8, 4) is 5.75 Å². The first-order valence-corrected chi connectivity index (χ1v) is 12.2. The lowest BCUT2D eigenvalue weighted by Gasteiger charge is -2.29. The highest BCUT2D eigenvalue weighted by Gasteiger charge is 2.32. The average molecular weight is 487 g/mol. The third kappa shape index (κ3) is 7.67. The van der Waals surface area contributed by atoms with Gasteiger partial charge in [-0.25, -0.2) is 13.2 Å². The van der Waals surface area contributed by atoms with Crippen LogP contribution in [-0.2, 0) is 6.42 Å². The maximum absolute atomic E-state index is 14.8. The summed E-state index contributed by atoms with van der Waals surface area (Å²) < 4.78 is 84.0. The third-order valence-corrected chi connectivity index (χ3v) is 6.80. The van der Waals surface area contributed by atoms with E-state index < -0.39 is 29.6 Å². The SMILES string of the molecule is CCCCCCCC1CCC(c2cc(F)c(Cc3ccc(OC(F)(F)F)c(F)c3)c(F)c2)CC1. The molecule has 1 aliphatic carbocycles. The van der Waals surface area contributed by atoms with Gasteiger partial charge >= 0.3 is 6.36 Å². The topological polar surface area (TPSA) is 9.23 Å². The second-order valence-electron chi connectivity index (χ2n) is 9.37. The first-order chi connectivity index (χ1) is 16.2. The molecule has 7 heteroatoms. The van der Waals surface area contributed by atoms with Crippen LogP contribution in [-0.4, -0.2) is 6.36 Å². The molecule has 0 heterocycles. The summed E-state index contributed by atoms with van der Waals surface area (Å²) in [5, 5.41) is 0. The molecule has 188 valence electrons. The van der Waals surface area contributed by atoms with E-state index in [1.54, 1.807) is 0 Å². The van der Waals surface area contributed by atoms with Gasteiger partial charge in [0.05, 0.1) is 0 Å². The van der Waals surface area contributed by atoms with Crippen LogP contribution in [0, 0.1) is 23.4 Å². The summed E-state index contributed by atoms with van der Waals surface area (Å²) in [6.07, 6.45) is 6.19. The average Bonchev–Trinajstić information content (AvgIpc) is 2.77. The fraction of sp³-hybridized carbons (Fsp3) is 0.556. The van der Waals surface area contributed by atoms with Crippen LogP contribution in [0.1, 0.15) is 93.7 Å². The Morgan fingerprint density at radius 3 is 2.06 bits per heavy atom. The van der Waals surface area contributed by atoms with Gasteiger partial charge in [0.25, 0.3) is 0 Å². The number of hydrogen-bond acceptors (Lipinski definition) is 1. The van der Waals surface area contributed by atoms with E-state index in [0.29, 0.717) is 11.5 Å². The lowest BCUT2D eigenvalue weighted by molar-refractivity contribution is -0.275. The molecule has 0 spiro atoms. The molecule has 0 amide bonds. The van der Waals surface area contributed by atoms with Crippen molar-refractivity contribution in [2.75, 3.05) is 0 Å². The minimum Gasteiger partial charge on any atom is -0.403 e. The minimum absolute atomic E-state index is 0.116. The van der Waals surface area contributed by atoms with Gasteiger partial charge in [0.2, 0.25) is 0 Å². The summed E-state index contributed by atoms with van der Waals surface area (Å²) in [5.74, 6) is -2.86. The normalized spacial score (nSPS) is 18.8. The van der Waals surface area contributed by atoms with Gasteiger partial charge in [-0.1, -0.05) is 51.5 Å². The van der Waals surface area contributed by atoms with Crippen molar-refractivity contribution in [2.45, 2.75) is 89.8 Å². The van der Waals surface area contributed by atoms with Crippen LogP contribution in [0.3, 0.4) is 0 Å². The van der Waals surface area contributed by atoms with E-state index in [9.17, 15) is 26.3 Å². The number of hydrogen-bond donors (Lipinski definition) is 0.